The van der Waals surface area contributed by atoms with Gasteiger partial charge in [0.15, 0.2) is 11.6 Å². The monoisotopic (exact) mass is 438 g/mol. The van der Waals surface area contributed by atoms with Gasteiger partial charge >= 0.3 is 0 Å². The van der Waals surface area contributed by atoms with Gasteiger partial charge in [0.2, 0.25) is 10.0 Å². The second-order valence-electron chi connectivity index (χ2n) is 7.85. The van der Waals surface area contributed by atoms with Crippen molar-refractivity contribution in [3.05, 3.63) is 59.7 Å². The fourth-order valence-corrected chi connectivity index (χ4v) is 4.90. The molecule has 0 radical (unpaired) electrons. The minimum absolute atomic E-state index is 0.234. The lowest BCUT2D eigenvalue weighted by Crippen LogP contribution is -2.45. The van der Waals surface area contributed by atoms with Gasteiger partial charge in [-0.1, -0.05) is 32.0 Å². The van der Waals surface area contributed by atoms with E-state index in [2.05, 4.69) is 29.5 Å². The SMILES string of the molecule is CC(C)c1ccccc1OCCN1CCC(NS(=O)(=O)c2ccc(F)c(F)c2)CC1. The van der Waals surface area contributed by atoms with Crippen LogP contribution < -0.4 is 9.46 Å². The summed E-state index contributed by atoms with van der Waals surface area (Å²) in [5.74, 6) is -0.951. The van der Waals surface area contributed by atoms with Crippen LogP contribution in [-0.4, -0.2) is 45.6 Å². The van der Waals surface area contributed by atoms with Gasteiger partial charge in [-0.2, -0.15) is 0 Å². The topological polar surface area (TPSA) is 58.6 Å². The van der Waals surface area contributed by atoms with E-state index in [9.17, 15) is 17.2 Å². The number of hydrogen-bond acceptors (Lipinski definition) is 4. The first-order chi connectivity index (χ1) is 14.3. The molecule has 1 aliphatic rings. The van der Waals surface area contributed by atoms with Gasteiger partial charge < -0.3 is 4.74 Å². The fraction of sp³-hybridized carbons (Fsp3) is 0.455. The van der Waals surface area contributed by atoms with E-state index in [0.717, 1.165) is 37.5 Å². The van der Waals surface area contributed by atoms with Gasteiger partial charge in [-0.05, 0) is 61.7 Å². The van der Waals surface area contributed by atoms with Crippen molar-refractivity contribution in [3.63, 3.8) is 0 Å². The molecule has 0 bridgehead atoms. The van der Waals surface area contributed by atoms with Crippen molar-refractivity contribution in [2.24, 2.45) is 0 Å². The average Bonchev–Trinajstić information content (AvgIpc) is 2.71. The lowest BCUT2D eigenvalue weighted by Gasteiger charge is -2.32. The van der Waals surface area contributed by atoms with Crippen LogP contribution in [0, 0.1) is 11.6 Å². The number of nitrogens with zero attached hydrogens (tertiary/aromatic N) is 1. The van der Waals surface area contributed by atoms with Crippen molar-refractivity contribution < 1.29 is 21.9 Å². The molecule has 30 heavy (non-hydrogen) atoms. The van der Waals surface area contributed by atoms with Gasteiger partial charge in [0, 0.05) is 12.6 Å². The minimum Gasteiger partial charge on any atom is -0.492 e. The zero-order valence-electron chi connectivity index (χ0n) is 17.3. The van der Waals surface area contributed by atoms with Crippen LogP contribution in [0.4, 0.5) is 8.78 Å². The Hall–Kier alpha value is -2.03. The standard InChI is InChI=1S/C22H28F2N2O3S/c1-16(2)19-5-3-4-6-22(19)29-14-13-26-11-9-17(10-12-26)25-30(27,28)18-7-8-20(23)21(24)15-18/h3-8,15-17,25H,9-14H2,1-2H3. The maximum absolute atomic E-state index is 13.4. The van der Waals surface area contributed by atoms with Crippen LogP contribution in [0.5, 0.6) is 5.75 Å². The van der Waals surface area contributed by atoms with Gasteiger partial charge in [0.25, 0.3) is 0 Å². The van der Waals surface area contributed by atoms with Crippen LogP contribution in [0.25, 0.3) is 0 Å². The number of hydrogen-bond donors (Lipinski definition) is 1. The molecule has 0 amide bonds. The molecule has 2 aromatic rings. The number of halogens is 2. The molecule has 1 heterocycles. The number of rotatable bonds is 8. The summed E-state index contributed by atoms with van der Waals surface area (Å²) >= 11 is 0. The number of sulfonamides is 1. The first kappa shape index (κ1) is 22.7. The number of nitrogens with one attached hydrogen (secondary N) is 1. The Labute approximate surface area is 177 Å². The summed E-state index contributed by atoms with van der Waals surface area (Å²) in [5, 5.41) is 0. The smallest absolute Gasteiger partial charge is 0.240 e. The Kier molecular flexibility index (Phi) is 7.44. The maximum Gasteiger partial charge on any atom is 0.240 e. The number of para-hydroxylation sites is 1. The summed E-state index contributed by atoms with van der Waals surface area (Å²) in [6.07, 6.45) is 1.29. The maximum atomic E-state index is 13.4. The Balaban J connectivity index is 1.46. The Bertz CT molecular complexity index is 959. The highest BCUT2D eigenvalue weighted by molar-refractivity contribution is 7.89. The lowest BCUT2D eigenvalue weighted by atomic mass is 10.0. The van der Waals surface area contributed by atoms with Gasteiger partial charge in [-0.15, -0.1) is 0 Å². The average molecular weight is 439 g/mol. The van der Waals surface area contributed by atoms with E-state index in [0.29, 0.717) is 31.4 Å². The fourth-order valence-electron chi connectivity index (χ4n) is 3.58. The van der Waals surface area contributed by atoms with Crippen LogP contribution in [-0.2, 0) is 10.0 Å². The summed E-state index contributed by atoms with van der Waals surface area (Å²) in [6.45, 7) is 7.06. The van der Waals surface area contributed by atoms with Crippen LogP contribution in [0.2, 0.25) is 0 Å². The highest BCUT2D eigenvalue weighted by Gasteiger charge is 2.25. The predicted octanol–water partition coefficient (Wildman–Crippen LogP) is 3.91. The summed E-state index contributed by atoms with van der Waals surface area (Å²) in [5.41, 5.74) is 1.18. The third-order valence-corrected chi connectivity index (χ3v) is 6.84. The van der Waals surface area contributed by atoms with Crippen molar-refractivity contribution in [3.8, 4) is 5.75 Å². The zero-order valence-corrected chi connectivity index (χ0v) is 18.1. The Morgan fingerprint density at radius 3 is 2.47 bits per heavy atom. The molecule has 8 heteroatoms. The summed E-state index contributed by atoms with van der Waals surface area (Å²) < 4.78 is 59.8. The number of piperidine rings is 1. The van der Waals surface area contributed by atoms with Gasteiger partial charge in [-0.25, -0.2) is 21.9 Å². The third-order valence-electron chi connectivity index (χ3n) is 5.32. The molecule has 5 nitrogen and oxygen atoms in total. The summed E-state index contributed by atoms with van der Waals surface area (Å²) in [6, 6.07) is 10.4. The van der Waals surface area contributed by atoms with Gasteiger partial charge in [0.05, 0.1) is 4.90 Å². The first-order valence-corrected chi connectivity index (χ1v) is 11.7. The number of likely N-dealkylation sites (tertiary alicyclic amines) is 1. The van der Waals surface area contributed by atoms with Crippen molar-refractivity contribution in [1.29, 1.82) is 0 Å². The molecule has 3 rings (SSSR count). The van der Waals surface area contributed by atoms with E-state index in [1.54, 1.807) is 0 Å². The van der Waals surface area contributed by atoms with Crippen molar-refractivity contribution in [2.45, 2.75) is 43.5 Å². The van der Waals surface area contributed by atoms with E-state index in [-0.39, 0.29) is 10.9 Å². The number of benzene rings is 2. The molecular formula is C22H28F2N2O3S. The molecule has 1 fully saturated rings. The second kappa shape index (κ2) is 9.85. The molecule has 164 valence electrons. The Morgan fingerprint density at radius 2 is 1.80 bits per heavy atom. The van der Waals surface area contributed by atoms with Gasteiger partial charge in [-0.3, -0.25) is 4.90 Å². The first-order valence-electron chi connectivity index (χ1n) is 10.2. The van der Waals surface area contributed by atoms with Crippen LogP contribution in [0.3, 0.4) is 0 Å². The van der Waals surface area contributed by atoms with E-state index < -0.39 is 21.7 Å². The highest BCUT2D eigenvalue weighted by atomic mass is 32.2. The van der Waals surface area contributed by atoms with Crippen molar-refractivity contribution >= 4 is 10.0 Å². The van der Waals surface area contributed by atoms with E-state index in [1.807, 2.05) is 18.2 Å². The van der Waals surface area contributed by atoms with Crippen molar-refractivity contribution in [1.82, 2.24) is 9.62 Å². The Morgan fingerprint density at radius 1 is 1.10 bits per heavy atom. The molecule has 0 aromatic heterocycles. The van der Waals surface area contributed by atoms with E-state index in [1.165, 1.54) is 5.56 Å². The number of ether oxygens (including phenoxy) is 1. The largest absolute Gasteiger partial charge is 0.492 e. The van der Waals surface area contributed by atoms with Crippen LogP contribution in [0.15, 0.2) is 47.4 Å². The van der Waals surface area contributed by atoms with E-state index in [4.69, 9.17) is 4.74 Å². The molecule has 1 saturated heterocycles. The van der Waals surface area contributed by atoms with Crippen LogP contribution in [0.1, 0.15) is 38.2 Å². The molecule has 1 N–H and O–H groups in total. The second-order valence-corrected chi connectivity index (χ2v) is 9.57. The summed E-state index contributed by atoms with van der Waals surface area (Å²) in [7, 11) is -3.88. The molecule has 0 atom stereocenters. The highest BCUT2D eigenvalue weighted by Crippen LogP contribution is 2.26. The van der Waals surface area contributed by atoms with Gasteiger partial charge in [0.1, 0.15) is 12.4 Å². The molecule has 0 unspecified atom stereocenters. The molecule has 2 aromatic carbocycles. The molecule has 0 spiro atoms. The van der Waals surface area contributed by atoms with E-state index >= 15 is 0 Å². The normalized spacial score (nSPS) is 16.2. The van der Waals surface area contributed by atoms with Crippen LogP contribution >= 0.6 is 0 Å². The third kappa shape index (κ3) is 5.77. The summed E-state index contributed by atoms with van der Waals surface area (Å²) in [4.78, 5) is 1.97. The van der Waals surface area contributed by atoms with Crippen molar-refractivity contribution in [2.75, 3.05) is 26.2 Å². The predicted molar refractivity (Wildman–Crippen MR) is 112 cm³/mol. The molecule has 1 aliphatic heterocycles. The zero-order chi connectivity index (χ0) is 21.7. The lowest BCUT2D eigenvalue weighted by molar-refractivity contribution is 0.170. The molecule has 0 saturated carbocycles. The minimum atomic E-state index is -3.88. The quantitative estimate of drug-likeness (QED) is 0.679. The molecule has 0 aliphatic carbocycles. The molecular weight excluding hydrogens is 410 g/mol.